The molecule has 0 radical (unpaired) electrons. The second-order valence-corrected chi connectivity index (χ2v) is 3.14. The normalized spacial score (nSPS) is 29.2. The molecule has 0 aliphatic carbocycles. The van der Waals surface area contributed by atoms with Gasteiger partial charge in [-0.05, 0) is 13.0 Å². The van der Waals surface area contributed by atoms with Crippen LogP contribution in [0.1, 0.15) is 6.42 Å². The molecule has 1 rings (SSSR count). The average Bonchev–Trinajstić information content (AvgIpc) is 2.35. The Morgan fingerprint density at radius 1 is 1.64 bits per heavy atom. The fraction of sp³-hybridized carbons (Fsp3) is 1.00. The van der Waals surface area contributed by atoms with Crippen molar-refractivity contribution in [2.75, 3.05) is 26.2 Å². The third kappa shape index (κ3) is 2.75. The molecule has 4 nitrogen and oxygen atoms in total. The van der Waals surface area contributed by atoms with Crippen LogP contribution in [0.2, 0.25) is 0 Å². The van der Waals surface area contributed by atoms with E-state index in [-0.39, 0.29) is 12.6 Å². The summed E-state index contributed by atoms with van der Waals surface area (Å²) in [5, 5.41) is 17.6. The van der Waals surface area contributed by atoms with Crippen molar-refractivity contribution in [3.63, 3.8) is 0 Å². The SMILES string of the molecule is N[C@H]1CCN(CC(O)CO)C1. The third-order valence-corrected chi connectivity index (χ3v) is 1.99. The molecule has 11 heavy (non-hydrogen) atoms. The number of hydrogen-bond donors (Lipinski definition) is 3. The lowest BCUT2D eigenvalue weighted by Gasteiger charge is -2.17. The zero-order chi connectivity index (χ0) is 8.27. The average molecular weight is 160 g/mol. The molecule has 1 aliphatic rings. The molecule has 1 saturated heterocycles. The highest BCUT2D eigenvalue weighted by Gasteiger charge is 2.20. The first-order valence-corrected chi connectivity index (χ1v) is 3.99. The number of rotatable bonds is 3. The maximum absolute atomic E-state index is 9.07. The lowest BCUT2D eigenvalue weighted by atomic mass is 10.3. The van der Waals surface area contributed by atoms with Crippen molar-refractivity contribution < 1.29 is 10.2 Å². The Morgan fingerprint density at radius 2 is 2.36 bits per heavy atom. The van der Waals surface area contributed by atoms with E-state index in [0.29, 0.717) is 6.54 Å². The number of hydrogen-bond acceptors (Lipinski definition) is 4. The van der Waals surface area contributed by atoms with E-state index in [0.717, 1.165) is 19.5 Å². The lowest BCUT2D eigenvalue weighted by Crippen LogP contribution is -2.34. The number of likely N-dealkylation sites (tertiary alicyclic amines) is 1. The summed E-state index contributed by atoms with van der Waals surface area (Å²) >= 11 is 0. The van der Waals surface area contributed by atoms with Crippen LogP contribution in [0.25, 0.3) is 0 Å². The highest BCUT2D eigenvalue weighted by molar-refractivity contribution is 4.78. The fourth-order valence-electron chi connectivity index (χ4n) is 1.38. The van der Waals surface area contributed by atoms with Crippen molar-refractivity contribution in [3.05, 3.63) is 0 Å². The van der Waals surface area contributed by atoms with Crippen molar-refractivity contribution in [2.45, 2.75) is 18.6 Å². The Labute approximate surface area is 66.6 Å². The van der Waals surface area contributed by atoms with Gasteiger partial charge in [-0.1, -0.05) is 0 Å². The van der Waals surface area contributed by atoms with Gasteiger partial charge in [0.15, 0.2) is 0 Å². The molecule has 0 aromatic rings. The third-order valence-electron chi connectivity index (χ3n) is 1.99. The molecular weight excluding hydrogens is 144 g/mol. The molecular formula is C7H16N2O2. The van der Waals surface area contributed by atoms with Crippen molar-refractivity contribution in [1.82, 2.24) is 4.90 Å². The summed E-state index contributed by atoms with van der Waals surface area (Å²) in [7, 11) is 0. The minimum atomic E-state index is -0.611. The van der Waals surface area contributed by atoms with Gasteiger partial charge < -0.3 is 15.9 Å². The molecule has 4 N–H and O–H groups in total. The van der Waals surface area contributed by atoms with Gasteiger partial charge in [0.2, 0.25) is 0 Å². The Balaban J connectivity index is 2.17. The minimum absolute atomic E-state index is 0.161. The Morgan fingerprint density at radius 3 is 2.82 bits per heavy atom. The van der Waals surface area contributed by atoms with Gasteiger partial charge in [-0.2, -0.15) is 0 Å². The van der Waals surface area contributed by atoms with E-state index in [9.17, 15) is 0 Å². The molecule has 0 spiro atoms. The van der Waals surface area contributed by atoms with Crippen LogP contribution in [-0.2, 0) is 0 Å². The highest BCUT2D eigenvalue weighted by Crippen LogP contribution is 2.06. The first-order chi connectivity index (χ1) is 5.22. The first kappa shape index (κ1) is 8.93. The van der Waals surface area contributed by atoms with Crippen molar-refractivity contribution in [3.8, 4) is 0 Å². The summed E-state index contributed by atoms with van der Waals surface area (Å²) in [4.78, 5) is 2.07. The molecule has 1 aliphatic heterocycles. The van der Waals surface area contributed by atoms with Crippen molar-refractivity contribution in [2.24, 2.45) is 5.73 Å². The molecule has 66 valence electrons. The second-order valence-electron chi connectivity index (χ2n) is 3.14. The van der Waals surface area contributed by atoms with E-state index in [2.05, 4.69) is 4.90 Å². The van der Waals surface area contributed by atoms with Crippen LogP contribution < -0.4 is 5.73 Å². The first-order valence-electron chi connectivity index (χ1n) is 3.99. The Kier molecular flexibility index (Phi) is 3.26. The van der Waals surface area contributed by atoms with Gasteiger partial charge in [0.1, 0.15) is 0 Å². The summed E-state index contributed by atoms with van der Waals surface area (Å²) in [6.45, 7) is 2.17. The molecule has 2 atom stereocenters. The van der Waals surface area contributed by atoms with Crippen LogP contribution >= 0.6 is 0 Å². The summed E-state index contributed by atoms with van der Waals surface area (Å²) in [6.07, 6.45) is 0.387. The second kappa shape index (κ2) is 4.01. The van der Waals surface area contributed by atoms with Crippen LogP contribution in [0.4, 0.5) is 0 Å². The summed E-state index contributed by atoms with van der Waals surface area (Å²) in [5.41, 5.74) is 5.66. The Bertz CT molecular complexity index is 121. The molecule has 0 bridgehead atoms. The van der Waals surface area contributed by atoms with E-state index in [1.807, 2.05) is 0 Å². The number of nitrogens with zero attached hydrogens (tertiary/aromatic N) is 1. The largest absolute Gasteiger partial charge is 0.394 e. The molecule has 0 saturated carbocycles. The maximum Gasteiger partial charge on any atom is 0.0897 e. The number of aliphatic hydroxyl groups is 2. The van der Waals surface area contributed by atoms with E-state index < -0.39 is 6.10 Å². The summed E-state index contributed by atoms with van der Waals surface area (Å²) < 4.78 is 0. The topological polar surface area (TPSA) is 69.7 Å². The molecule has 1 unspecified atom stereocenters. The zero-order valence-electron chi connectivity index (χ0n) is 6.61. The van der Waals surface area contributed by atoms with E-state index in [4.69, 9.17) is 15.9 Å². The molecule has 1 heterocycles. The molecule has 0 aromatic carbocycles. The smallest absolute Gasteiger partial charge is 0.0897 e. The van der Waals surface area contributed by atoms with Crippen LogP contribution in [0, 0.1) is 0 Å². The molecule has 0 aromatic heterocycles. The fourth-order valence-corrected chi connectivity index (χ4v) is 1.38. The molecule has 0 amide bonds. The summed E-state index contributed by atoms with van der Waals surface area (Å²) in [6, 6.07) is 0.251. The standard InChI is InChI=1S/C7H16N2O2/c8-6-1-2-9(3-6)4-7(11)5-10/h6-7,10-11H,1-5,8H2/t6-,7?/m0/s1. The number of nitrogens with two attached hydrogens (primary N) is 1. The highest BCUT2D eigenvalue weighted by atomic mass is 16.3. The summed E-state index contributed by atoms with van der Waals surface area (Å²) in [5.74, 6) is 0. The zero-order valence-corrected chi connectivity index (χ0v) is 6.61. The minimum Gasteiger partial charge on any atom is -0.394 e. The van der Waals surface area contributed by atoms with Gasteiger partial charge in [0, 0.05) is 19.1 Å². The maximum atomic E-state index is 9.07. The lowest BCUT2D eigenvalue weighted by molar-refractivity contribution is 0.0658. The van der Waals surface area contributed by atoms with Gasteiger partial charge in [0.05, 0.1) is 12.7 Å². The van der Waals surface area contributed by atoms with Crippen molar-refractivity contribution >= 4 is 0 Å². The number of aliphatic hydroxyl groups excluding tert-OH is 2. The number of β-amino-alcohol motifs (C(OH)–C–C–N with tert-alkyl or cyclic N) is 1. The predicted octanol–water partition coefficient (Wildman–Crippen LogP) is -1.63. The molecule has 1 fully saturated rings. The van der Waals surface area contributed by atoms with Crippen LogP contribution in [-0.4, -0.2) is 53.5 Å². The van der Waals surface area contributed by atoms with Gasteiger partial charge >= 0.3 is 0 Å². The van der Waals surface area contributed by atoms with Gasteiger partial charge in [-0.25, -0.2) is 0 Å². The van der Waals surface area contributed by atoms with Crippen LogP contribution in [0.15, 0.2) is 0 Å². The molecule has 4 heteroatoms. The quantitative estimate of drug-likeness (QED) is 0.464. The van der Waals surface area contributed by atoms with E-state index in [1.165, 1.54) is 0 Å². The van der Waals surface area contributed by atoms with E-state index >= 15 is 0 Å². The van der Waals surface area contributed by atoms with E-state index in [1.54, 1.807) is 0 Å². The van der Waals surface area contributed by atoms with Crippen LogP contribution in [0.5, 0.6) is 0 Å². The van der Waals surface area contributed by atoms with Gasteiger partial charge in [-0.3, -0.25) is 4.90 Å². The van der Waals surface area contributed by atoms with Gasteiger partial charge in [-0.15, -0.1) is 0 Å². The van der Waals surface area contributed by atoms with Gasteiger partial charge in [0.25, 0.3) is 0 Å². The van der Waals surface area contributed by atoms with Crippen LogP contribution in [0.3, 0.4) is 0 Å². The monoisotopic (exact) mass is 160 g/mol. The van der Waals surface area contributed by atoms with Crippen molar-refractivity contribution in [1.29, 1.82) is 0 Å². The Hall–Kier alpha value is -0.160. The predicted molar refractivity (Wildman–Crippen MR) is 42.1 cm³/mol.